The molecule has 0 bridgehead atoms. The molecule has 1 aromatic carbocycles. The van der Waals surface area contributed by atoms with E-state index in [0.717, 1.165) is 62.1 Å². The lowest BCUT2D eigenvalue weighted by Gasteiger charge is -2.25. The van der Waals surface area contributed by atoms with Crippen molar-refractivity contribution in [3.05, 3.63) is 29.6 Å². The van der Waals surface area contributed by atoms with Gasteiger partial charge in [-0.05, 0) is 50.3 Å². The van der Waals surface area contributed by atoms with Gasteiger partial charge in [0.15, 0.2) is 0 Å². The van der Waals surface area contributed by atoms with E-state index < -0.39 is 0 Å². The van der Waals surface area contributed by atoms with Gasteiger partial charge < -0.3 is 14.8 Å². The van der Waals surface area contributed by atoms with Crippen LogP contribution in [0.4, 0.5) is 0 Å². The first-order valence-corrected chi connectivity index (χ1v) is 10.2. The summed E-state index contributed by atoms with van der Waals surface area (Å²) in [6.45, 7) is 4.17. The fourth-order valence-corrected chi connectivity index (χ4v) is 4.30. The van der Waals surface area contributed by atoms with Crippen LogP contribution in [0.25, 0.3) is 11.0 Å². The number of hydrogen-bond donors (Lipinski definition) is 1. The van der Waals surface area contributed by atoms with E-state index in [2.05, 4.69) is 24.0 Å². The van der Waals surface area contributed by atoms with Crippen molar-refractivity contribution in [1.82, 2.24) is 19.8 Å². The summed E-state index contributed by atoms with van der Waals surface area (Å²) in [6, 6.07) is 6.20. The molecule has 1 atom stereocenters. The summed E-state index contributed by atoms with van der Waals surface area (Å²) < 4.78 is 0. The number of rotatable bonds is 4. The Kier molecular flexibility index (Phi) is 5.14. The van der Waals surface area contributed by atoms with Gasteiger partial charge in [0.2, 0.25) is 11.8 Å². The average molecular weight is 368 g/mol. The fourth-order valence-electron chi connectivity index (χ4n) is 4.30. The zero-order valence-electron chi connectivity index (χ0n) is 16.0. The summed E-state index contributed by atoms with van der Waals surface area (Å²) in [5.74, 6) is 1.21. The molecule has 1 unspecified atom stereocenters. The normalized spacial score (nSPS) is 21.1. The Morgan fingerprint density at radius 3 is 3.00 bits per heavy atom. The highest BCUT2D eigenvalue weighted by Gasteiger charge is 2.32. The molecule has 2 fully saturated rings. The van der Waals surface area contributed by atoms with E-state index in [0.29, 0.717) is 19.4 Å². The molecule has 1 N–H and O–H groups in total. The number of aromatic amines is 1. The number of aromatic nitrogens is 2. The first kappa shape index (κ1) is 18.0. The van der Waals surface area contributed by atoms with Gasteiger partial charge in [-0.15, -0.1) is 0 Å². The summed E-state index contributed by atoms with van der Waals surface area (Å²) in [5, 5.41) is 0. The standard InChI is InChI=1S/C21H28N4O2/c1-15-8-9-16-17(14-15)23-21(22-16)18-6-5-12-25(18)20(27)10-13-24-11-4-2-3-7-19(24)26/h8-9,14,18H,2-7,10-13H2,1H3,(H,22,23). The van der Waals surface area contributed by atoms with Crippen LogP contribution < -0.4 is 0 Å². The zero-order chi connectivity index (χ0) is 18.8. The van der Waals surface area contributed by atoms with Gasteiger partial charge in [0.05, 0.1) is 17.1 Å². The van der Waals surface area contributed by atoms with Crippen molar-refractivity contribution in [3.63, 3.8) is 0 Å². The molecule has 6 heteroatoms. The lowest BCUT2D eigenvalue weighted by atomic mass is 10.2. The molecule has 2 aromatic rings. The van der Waals surface area contributed by atoms with Crippen LogP contribution in [0.3, 0.4) is 0 Å². The molecule has 3 heterocycles. The van der Waals surface area contributed by atoms with E-state index in [-0.39, 0.29) is 17.9 Å². The molecule has 0 radical (unpaired) electrons. The maximum absolute atomic E-state index is 12.9. The van der Waals surface area contributed by atoms with Crippen molar-refractivity contribution in [2.45, 2.75) is 57.9 Å². The van der Waals surface area contributed by atoms with Gasteiger partial charge in [0.25, 0.3) is 0 Å². The number of fused-ring (bicyclic) bond motifs is 1. The first-order chi connectivity index (χ1) is 13.1. The van der Waals surface area contributed by atoms with Crippen molar-refractivity contribution < 1.29 is 9.59 Å². The number of carbonyl (C=O) groups excluding carboxylic acids is 2. The van der Waals surface area contributed by atoms with E-state index in [1.165, 1.54) is 5.56 Å². The Labute approximate surface area is 159 Å². The predicted molar refractivity (Wildman–Crippen MR) is 104 cm³/mol. The highest BCUT2D eigenvalue weighted by Crippen LogP contribution is 2.32. The van der Waals surface area contributed by atoms with Crippen LogP contribution in [0.1, 0.15) is 62.4 Å². The third-order valence-electron chi connectivity index (χ3n) is 5.81. The number of benzene rings is 1. The van der Waals surface area contributed by atoms with Crippen LogP contribution in [0.15, 0.2) is 18.2 Å². The third kappa shape index (κ3) is 3.84. The van der Waals surface area contributed by atoms with Crippen molar-refractivity contribution in [3.8, 4) is 0 Å². The number of likely N-dealkylation sites (tertiary alicyclic amines) is 2. The molecule has 27 heavy (non-hydrogen) atoms. The summed E-state index contributed by atoms with van der Waals surface area (Å²) in [6.07, 6.45) is 6.09. The molecule has 4 rings (SSSR count). The van der Waals surface area contributed by atoms with Crippen molar-refractivity contribution in [1.29, 1.82) is 0 Å². The second-order valence-corrected chi connectivity index (χ2v) is 7.83. The average Bonchev–Trinajstić information content (AvgIpc) is 3.24. The minimum Gasteiger partial charge on any atom is -0.342 e. The van der Waals surface area contributed by atoms with Crippen LogP contribution in [0, 0.1) is 6.92 Å². The maximum Gasteiger partial charge on any atom is 0.224 e. The largest absolute Gasteiger partial charge is 0.342 e. The summed E-state index contributed by atoms with van der Waals surface area (Å²) >= 11 is 0. The van der Waals surface area contributed by atoms with Gasteiger partial charge in [-0.2, -0.15) is 0 Å². The predicted octanol–water partition coefficient (Wildman–Crippen LogP) is 3.33. The van der Waals surface area contributed by atoms with Crippen molar-refractivity contribution in [2.24, 2.45) is 0 Å². The third-order valence-corrected chi connectivity index (χ3v) is 5.81. The second-order valence-electron chi connectivity index (χ2n) is 7.83. The van der Waals surface area contributed by atoms with Gasteiger partial charge >= 0.3 is 0 Å². The summed E-state index contributed by atoms with van der Waals surface area (Å²) in [5.41, 5.74) is 3.17. The number of hydrogen-bond acceptors (Lipinski definition) is 3. The zero-order valence-corrected chi connectivity index (χ0v) is 16.0. The molecule has 6 nitrogen and oxygen atoms in total. The van der Waals surface area contributed by atoms with Gasteiger partial charge in [-0.25, -0.2) is 4.98 Å². The van der Waals surface area contributed by atoms with E-state index in [4.69, 9.17) is 4.98 Å². The smallest absolute Gasteiger partial charge is 0.224 e. The second kappa shape index (κ2) is 7.71. The monoisotopic (exact) mass is 368 g/mol. The van der Waals surface area contributed by atoms with E-state index in [1.807, 2.05) is 15.9 Å². The maximum atomic E-state index is 12.9. The van der Waals surface area contributed by atoms with Crippen LogP contribution in [-0.2, 0) is 9.59 Å². The molecule has 0 spiro atoms. The molecule has 2 aliphatic heterocycles. The van der Waals surface area contributed by atoms with E-state index >= 15 is 0 Å². The quantitative estimate of drug-likeness (QED) is 0.900. The Hall–Kier alpha value is -2.37. The minimum absolute atomic E-state index is 0.0186. The molecule has 2 saturated heterocycles. The van der Waals surface area contributed by atoms with Gasteiger partial charge in [-0.3, -0.25) is 9.59 Å². The van der Waals surface area contributed by atoms with E-state index in [9.17, 15) is 9.59 Å². The minimum atomic E-state index is 0.0186. The first-order valence-electron chi connectivity index (χ1n) is 10.2. The van der Waals surface area contributed by atoms with Crippen molar-refractivity contribution in [2.75, 3.05) is 19.6 Å². The molecule has 2 aliphatic rings. The number of nitrogens with one attached hydrogen (secondary N) is 1. The Bertz CT molecular complexity index is 844. The van der Waals surface area contributed by atoms with Gasteiger partial charge in [0, 0.05) is 32.5 Å². The highest BCUT2D eigenvalue weighted by atomic mass is 16.2. The van der Waals surface area contributed by atoms with E-state index in [1.54, 1.807) is 0 Å². The highest BCUT2D eigenvalue weighted by molar-refractivity contribution is 5.80. The van der Waals surface area contributed by atoms with Crippen LogP contribution in [0.5, 0.6) is 0 Å². The van der Waals surface area contributed by atoms with Crippen LogP contribution >= 0.6 is 0 Å². The molecule has 2 amide bonds. The topological polar surface area (TPSA) is 69.3 Å². The number of nitrogens with zero attached hydrogens (tertiary/aromatic N) is 3. The molecule has 0 aliphatic carbocycles. The fraction of sp³-hybridized carbons (Fsp3) is 0.571. The molecule has 0 saturated carbocycles. The molecular formula is C21H28N4O2. The number of amides is 2. The Morgan fingerprint density at radius 1 is 1.22 bits per heavy atom. The molecule has 1 aromatic heterocycles. The van der Waals surface area contributed by atoms with Gasteiger partial charge in [-0.1, -0.05) is 12.5 Å². The lowest BCUT2D eigenvalue weighted by Crippen LogP contribution is -2.37. The Balaban J connectivity index is 1.43. The SMILES string of the molecule is Cc1ccc2nc(C3CCCN3C(=O)CCN3CCCCCC3=O)[nH]c2c1. The molecular weight excluding hydrogens is 340 g/mol. The van der Waals surface area contributed by atoms with Crippen LogP contribution in [-0.4, -0.2) is 51.2 Å². The Morgan fingerprint density at radius 2 is 2.11 bits per heavy atom. The van der Waals surface area contributed by atoms with Crippen LogP contribution in [0.2, 0.25) is 0 Å². The summed E-state index contributed by atoms with van der Waals surface area (Å²) in [7, 11) is 0. The molecule has 144 valence electrons. The number of aryl methyl sites for hydroxylation is 1. The number of imidazole rings is 1. The van der Waals surface area contributed by atoms with Gasteiger partial charge in [0.1, 0.15) is 5.82 Å². The van der Waals surface area contributed by atoms with Crippen molar-refractivity contribution >= 4 is 22.8 Å². The lowest BCUT2D eigenvalue weighted by molar-refractivity contribution is -0.134. The number of H-pyrrole nitrogens is 1. The summed E-state index contributed by atoms with van der Waals surface area (Å²) in [4.78, 5) is 37.0. The number of carbonyl (C=O) groups is 2.